The fourth-order valence-electron chi connectivity index (χ4n) is 1.87. The minimum absolute atomic E-state index is 0.175. The Morgan fingerprint density at radius 1 is 1.06 bits per heavy atom. The van der Waals surface area contributed by atoms with E-state index in [-0.39, 0.29) is 5.95 Å². The highest BCUT2D eigenvalue weighted by Crippen LogP contribution is 2.25. The van der Waals surface area contributed by atoms with Gasteiger partial charge >= 0.3 is 0 Å². The third-order valence-corrected chi connectivity index (χ3v) is 2.83. The van der Waals surface area contributed by atoms with Crippen LogP contribution >= 0.6 is 11.6 Å². The Morgan fingerprint density at radius 3 is 2.22 bits per heavy atom. The Kier molecular flexibility index (Phi) is 3.39. The fraction of sp³-hybridized carbons (Fsp3) is 0.231. The number of halogens is 1. The van der Waals surface area contributed by atoms with Gasteiger partial charge in [0.05, 0.1) is 0 Å². The zero-order chi connectivity index (χ0) is 13.3. The van der Waals surface area contributed by atoms with E-state index in [1.54, 1.807) is 6.07 Å². The van der Waals surface area contributed by atoms with Crippen LogP contribution < -0.4 is 10.6 Å². The molecule has 0 aliphatic rings. The van der Waals surface area contributed by atoms with Crippen molar-refractivity contribution in [2.45, 2.75) is 13.8 Å². The van der Waals surface area contributed by atoms with Crippen molar-refractivity contribution in [1.29, 1.82) is 0 Å². The van der Waals surface area contributed by atoms with Gasteiger partial charge in [0.2, 0.25) is 5.95 Å². The van der Waals surface area contributed by atoms with Crippen LogP contribution in [0.4, 0.5) is 17.5 Å². The minimum atomic E-state index is 0.175. The summed E-state index contributed by atoms with van der Waals surface area (Å²) in [5.74, 6) is 0.853. The lowest BCUT2D eigenvalue weighted by Gasteiger charge is -2.19. The smallest absolute Gasteiger partial charge is 0.223 e. The molecule has 0 unspecified atom stereocenters. The van der Waals surface area contributed by atoms with E-state index in [1.807, 2.05) is 11.9 Å². The van der Waals surface area contributed by atoms with Crippen LogP contribution in [0.5, 0.6) is 0 Å². The Balaban J connectivity index is 2.43. The maximum Gasteiger partial charge on any atom is 0.223 e. The number of nitrogen functional groups attached to an aromatic ring is 1. The second-order valence-electron chi connectivity index (χ2n) is 4.31. The molecule has 5 heteroatoms. The molecule has 0 atom stereocenters. The van der Waals surface area contributed by atoms with Gasteiger partial charge < -0.3 is 10.6 Å². The molecule has 2 N–H and O–H groups in total. The number of anilines is 3. The van der Waals surface area contributed by atoms with Crippen molar-refractivity contribution in [2.75, 3.05) is 17.7 Å². The number of hydrogen-bond acceptors (Lipinski definition) is 4. The van der Waals surface area contributed by atoms with Crippen molar-refractivity contribution in [3.8, 4) is 0 Å². The SMILES string of the molecule is Cc1cc(C)cc(N(C)c2cc(Cl)nc(N)n2)c1. The first-order valence-electron chi connectivity index (χ1n) is 5.58. The van der Waals surface area contributed by atoms with Crippen molar-refractivity contribution >= 4 is 29.1 Å². The zero-order valence-electron chi connectivity index (χ0n) is 10.6. The van der Waals surface area contributed by atoms with E-state index in [1.165, 1.54) is 11.1 Å². The molecular weight excluding hydrogens is 248 g/mol. The van der Waals surface area contributed by atoms with E-state index in [9.17, 15) is 0 Å². The molecular formula is C13H15ClN4. The van der Waals surface area contributed by atoms with Crippen molar-refractivity contribution < 1.29 is 0 Å². The van der Waals surface area contributed by atoms with E-state index < -0.39 is 0 Å². The van der Waals surface area contributed by atoms with Gasteiger partial charge in [0.25, 0.3) is 0 Å². The number of nitrogens with two attached hydrogens (primary N) is 1. The molecule has 1 aromatic carbocycles. The van der Waals surface area contributed by atoms with Crippen LogP contribution in [0.3, 0.4) is 0 Å². The van der Waals surface area contributed by atoms with Crippen LogP contribution in [0.1, 0.15) is 11.1 Å². The van der Waals surface area contributed by atoms with E-state index in [0.29, 0.717) is 11.0 Å². The maximum absolute atomic E-state index is 5.89. The number of hydrogen-bond donors (Lipinski definition) is 1. The first kappa shape index (κ1) is 12.6. The lowest BCUT2D eigenvalue weighted by Crippen LogP contribution is -2.13. The Bertz CT molecular complexity index is 491. The van der Waals surface area contributed by atoms with Crippen LogP contribution in [0.15, 0.2) is 24.3 Å². The summed E-state index contributed by atoms with van der Waals surface area (Å²) >= 11 is 5.89. The van der Waals surface area contributed by atoms with Crippen LogP contribution in [0.2, 0.25) is 5.15 Å². The lowest BCUT2D eigenvalue weighted by molar-refractivity contribution is 1.09. The molecule has 0 saturated carbocycles. The fourth-order valence-corrected chi connectivity index (χ4v) is 2.06. The molecule has 4 nitrogen and oxygen atoms in total. The highest BCUT2D eigenvalue weighted by Gasteiger charge is 2.09. The second kappa shape index (κ2) is 4.82. The predicted molar refractivity (Wildman–Crippen MR) is 75.4 cm³/mol. The molecule has 1 aromatic heterocycles. The summed E-state index contributed by atoms with van der Waals surface area (Å²) in [6.45, 7) is 4.12. The van der Waals surface area contributed by atoms with Gasteiger partial charge in [-0.05, 0) is 37.1 Å². The average Bonchev–Trinajstić information content (AvgIpc) is 2.25. The van der Waals surface area contributed by atoms with Crippen molar-refractivity contribution in [2.24, 2.45) is 0 Å². The van der Waals surface area contributed by atoms with Crippen LogP contribution in [0, 0.1) is 13.8 Å². The molecule has 18 heavy (non-hydrogen) atoms. The highest BCUT2D eigenvalue weighted by molar-refractivity contribution is 6.29. The number of rotatable bonds is 2. The lowest BCUT2D eigenvalue weighted by atomic mass is 10.1. The Labute approximate surface area is 111 Å². The molecule has 2 rings (SSSR count). The van der Waals surface area contributed by atoms with E-state index in [0.717, 1.165) is 5.69 Å². The van der Waals surface area contributed by atoms with Gasteiger partial charge in [0, 0.05) is 18.8 Å². The minimum Gasteiger partial charge on any atom is -0.368 e. The standard InChI is InChI=1S/C13H15ClN4/c1-8-4-9(2)6-10(5-8)18(3)12-7-11(14)16-13(15)17-12/h4-7H,1-3H3,(H2,15,16,17). The topological polar surface area (TPSA) is 55.0 Å². The van der Waals surface area contributed by atoms with Gasteiger partial charge in [-0.25, -0.2) is 4.98 Å². The second-order valence-corrected chi connectivity index (χ2v) is 4.70. The van der Waals surface area contributed by atoms with Crippen molar-refractivity contribution in [3.05, 3.63) is 40.5 Å². The molecule has 0 bridgehead atoms. The maximum atomic E-state index is 5.89. The van der Waals surface area contributed by atoms with E-state index in [4.69, 9.17) is 17.3 Å². The molecule has 0 aliphatic heterocycles. The number of benzene rings is 1. The molecule has 0 saturated heterocycles. The molecule has 0 fully saturated rings. The van der Waals surface area contributed by atoms with Gasteiger partial charge in [-0.1, -0.05) is 17.7 Å². The van der Waals surface area contributed by atoms with Gasteiger partial charge in [-0.2, -0.15) is 4.98 Å². The summed E-state index contributed by atoms with van der Waals surface area (Å²) < 4.78 is 0. The van der Waals surface area contributed by atoms with E-state index in [2.05, 4.69) is 42.0 Å². The van der Waals surface area contributed by atoms with Gasteiger partial charge in [-0.3, -0.25) is 0 Å². The molecule has 0 amide bonds. The van der Waals surface area contributed by atoms with Crippen LogP contribution in [-0.2, 0) is 0 Å². The Hall–Kier alpha value is -1.81. The van der Waals surface area contributed by atoms with E-state index >= 15 is 0 Å². The first-order chi connectivity index (χ1) is 8.45. The molecule has 2 aromatic rings. The number of aromatic nitrogens is 2. The summed E-state index contributed by atoms with van der Waals surface area (Å²) in [5.41, 5.74) is 9.04. The van der Waals surface area contributed by atoms with Gasteiger partial charge in [0.15, 0.2) is 0 Å². The third-order valence-electron chi connectivity index (χ3n) is 2.64. The normalized spacial score (nSPS) is 10.4. The van der Waals surface area contributed by atoms with Gasteiger partial charge in [-0.15, -0.1) is 0 Å². The molecule has 94 valence electrons. The number of nitrogens with zero attached hydrogens (tertiary/aromatic N) is 3. The molecule has 0 aliphatic carbocycles. The molecule has 0 radical (unpaired) electrons. The molecule has 0 spiro atoms. The summed E-state index contributed by atoms with van der Waals surface area (Å²) in [6.07, 6.45) is 0. The summed E-state index contributed by atoms with van der Waals surface area (Å²) in [4.78, 5) is 9.96. The average molecular weight is 263 g/mol. The summed E-state index contributed by atoms with van der Waals surface area (Å²) in [6, 6.07) is 7.98. The van der Waals surface area contributed by atoms with Crippen molar-refractivity contribution in [1.82, 2.24) is 9.97 Å². The molecule has 1 heterocycles. The van der Waals surface area contributed by atoms with Crippen LogP contribution in [0.25, 0.3) is 0 Å². The first-order valence-corrected chi connectivity index (χ1v) is 5.95. The summed E-state index contributed by atoms with van der Waals surface area (Å²) in [7, 11) is 1.92. The monoisotopic (exact) mass is 262 g/mol. The summed E-state index contributed by atoms with van der Waals surface area (Å²) in [5, 5.41) is 0.341. The van der Waals surface area contributed by atoms with Gasteiger partial charge in [0.1, 0.15) is 11.0 Å². The quantitative estimate of drug-likeness (QED) is 0.845. The Morgan fingerprint density at radius 2 is 1.67 bits per heavy atom. The van der Waals surface area contributed by atoms with Crippen LogP contribution in [-0.4, -0.2) is 17.0 Å². The third kappa shape index (κ3) is 2.71. The highest BCUT2D eigenvalue weighted by atomic mass is 35.5. The van der Waals surface area contributed by atoms with Crippen molar-refractivity contribution in [3.63, 3.8) is 0 Å². The number of aryl methyl sites for hydroxylation is 2. The zero-order valence-corrected chi connectivity index (χ0v) is 11.4. The largest absolute Gasteiger partial charge is 0.368 e. The predicted octanol–water partition coefficient (Wildman–Crippen LogP) is 3.10.